The number of carbonyl (C=O) groups is 1. The fourth-order valence-electron chi connectivity index (χ4n) is 2.01. The molecule has 106 valence electrons. The van der Waals surface area contributed by atoms with Gasteiger partial charge < -0.3 is 9.47 Å². The molecule has 4 heteroatoms. The van der Waals surface area contributed by atoms with E-state index in [2.05, 4.69) is 0 Å². The van der Waals surface area contributed by atoms with Crippen molar-refractivity contribution in [3.63, 3.8) is 0 Å². The molecule has 2 atom stereocenters. The number of carbonyl (C=O) groups excluding carboxylic acids is 1. The van der Waals surface area contributed by atoms with E-state index in [9.17, 15) is 4.79 Å². The highest BCUT2D eigenvalue weighted by Crippen LogP contribution is 2.23. The molecule has 0 aromatic heterocycles. The number of esters is 1. The minimum atomic E-state index is -0.397. The van der Waals surface area contributed by atoms with Crippen LogP contribution < -0.4 is 0 Å². The van der Waals surface area contributed by atoms with Crippen LogP contribution in [0.4, 0.5) is 0 Å². The molecule has 0 radical (unpaired) electrons. The van der Waals surface area contributed by atoms with Gasteiger partial charge in [0.15, 0.2) is 0 Å². The van der Waals surface area contributed by atoms with Crippen LogP contribution in [0, 0.1) is 0 Å². The van der Waals surface area contributed by atoms with E-state index in [4.69, 9.17) is 9.47 Å². The highest BCUT2D eigenvalue weighted by atomic mass is 16.5. The highest BCUT2D eigenvalue weighted by molar-refractivity contribution is 5.77. The van der Waals surface area contributed by atoms with Crippen LogP contribution in [0.3, 0.4) is 0 Å². The second-order valence-corrected chi connectivity index (χ2v) is 4.54. The molecule has 19 heavy (non-hydrogen) atoms. The molecule has 0 saturated carbocycles. The van der Waals surface area contributed by atoms with Crippen molar-refractivity contribution in [1.82, 2.24) is 4.90 Å². The van der Waals surface area contributed by atoms with E-state index < -0.39 is 6.04 Å². The summed E-state index contributed by atoms with van der Waals surface area (Å²) in [6.07, 6.45) is 0. The molecule has 2 unspecified atom stereocenters. The summed E-state index contributed by atoms with van der Waals surface area (Å²) < 4.78 is 10.3. The molecule has 0 fully saturated rings. The van der Waals surface area contributed by atoms with Crippen molar-refractivity contribution in [2.24, 2.45) is 0 Å². The molecule has 1 aromatic carbocycles. The number of benzene rings is 1. The Morgan fingerprint density at radius 1 is 1.32 bits per heavy atom. The number of hydrogen-bond donors (Lipinski definition) is 0. The van der Waals surface area contributed by atoms with Crippen molar-refractivity contribution in [1.29, 1.82) is 0 Å². The molecule has 0 bridgehead atoms. The number of methoxy groups -OCH3 is 1. The zero-order chi connectivity index (χ0) is 14.3. The second-order valence-electron chi connectivity index (χ2n) is 4.54. The van der Waals surface area contributed by atoms with Gasteiger partial charge >= 0.3 is 5.97 Å². The first-order valence-corrected chi connectivity index (χ1v) is 6.54. The molecule has 0 aliphatic rings. The Labute approximate surface area is 115 Å². The van der Waals surface area contributed by atoms with Gasteiger partial charge in [0.2, 0.25) is 0 Å². The van der Waals surface area contributed by atoms with Crippen LogP contribution in [0.15, 0.2) is 30.3 Å². The van der Waals surface area contributed by atoms with Crippen molar-refractivity contribution >= 4 is 5.97 Å². The Bertz CT molecular complexity index is 380. The van der Waals surface area contributed by atoms with Gasteiger partial charge in [-0.2, -0.15) is 0 Å². The van der Waals surface area contributed by atoms with E-state index in [1.807, 2.05) is 56.1 Å². The van der Waals surface area contributed by atoms with Gasteiger partial charge in [-0.05, 0) is 26.5 Å². The van der Waals surface area contributed by atoms with Crippen LogP contribution in [0.25, 0.3) is 0 Å². The lowest BCUT2D eigenvalue weighted by Gasteiger charge is -2.31. The van der Waals surface area contributed by atoms with E-state index in [0.717, 1.165) is 5.56 Å². The molecule has 0 spiro atoms. The topological polar surface area (TPSA) is 38.8 Å². The first-order valence-electron chi connectivity index (χ1n) is 6.54. The van der Waals surface area contributed by atoms with Crippen LogP contribution in [0.5, 0.6) is 0 Å². The maximum Gasteiger partial charge on any atom is 0.328 e. The summed E-state index contributed by atoms with van der Waals surface area (Å²) in [7, 11) is 3.57. The Balaban J connectivity index is 2.95. The maximum atomic E-state index is 12.2. The third kappa shape index (κ3) is 4.33. The van der Waals surface area contributed by atoms with E-state index in [0.29, 0.717) is 13.2 Å². The molecule has 4 nitrogen and oxygen atoms in total. The minimum Gasteiger partial charge on any atom is -0.465 e. The van der Waals surface area contributed by atoms with Crippen LogP contribution >= 0.6 is 0 Å². The van der Waals surface area contributed by atoms with Gasteiger partial charge in [0.05, 0.1) is 13.2 Å². The lowest BCUT2D eigenvalue weighted by atomic mass is 10.0. The number of rotatable bonds is 7. The zero-order valence-electron chi connectivity index (χ0n) is 12.1. The quantitative estimate of drug-likeness (QED) is 0.709. The van der Waals surface area contributed by atoms with Gasteiger partial charge in [0.1, 0.15) is 6.04 Å². The molecular weight excluding hydrogens is 242 g/mol. The first-order chi connectivity index (χ1) is 9.11. The highest BCUT2D eigenvalue weighted by Gasteiger charge is 2.29. The van der Waals surface area contributed by atoms with E-state index in [-0.39, 0.29) is 12.0 Å². The van der Waals surface area contributed by atoms with Crippen LogP contribution in [-0.4, -0.2) is 44.3 Å². The molecule has 0 heterocycles. The van der Waals surface area contributed by atoms with Crippen LogP contribution in [0.2, 0.25) is 0 Å². The SMILES string of the molecule is CCOC(=O)C(c1ccccc1)N(C)C(C)COC. The Kier molecular flexibility index (Phi) is 6.53. The largest absolute Gasteiger partial charge is 0.465 e. The van der Waals surface area contributed by atoms with Gasteiger partial charge in [-0.3, -0.25) is 4.90 Å². The number of hydrogen-bond acceptors (Lipinski definition) is 4. The Morgan fingerprint density at radius 3 is 2.47 bits per heavy atom. The minimum absolute atomic E-state index is 0.125. The van der Waals surface area contributed by atoms with Crippen molar-refractivity contribution in [3.05, 3.63) is 35.9 Å². The second kappa shape index (κ2) is 7.92. The van der Waals surface area contributed by atoms with Gasteiger partial charge in [0.25, 0.3) is 0 Å². The maximum absolute atomic E-state index is 12.2. The lowest BCUT2D eigenvalue weighted by molar-refractivity contribution is -0.150. The average molecular weight is 265 g/mol. The molecule has 0 aliphatic heterocycles. The predicted molar refractivity (Wildman–Crippen MR) is 74.9 cm³/mol. The Hall–Kier alpha value is -1.39. The van der Waals surface area contributed by atoms with Crippen molar-refractivity contribution in [2.75, 3.05) is 27.4 Å². The summed E-state index contributed by atoms with van der Waals surface area (Å²) >= 11 is 0. The fraction of sp³-hybridized carbons (Fsp3) is 0.533. The summed E-state index contributed by atoms with van der Waals surface area (Å²) in [5.74, 6) is -0.223. The Morgan fingerprint density at radius 2 is 1.95 bits per heavy atom. The zero-order valence-corrected chi connectivity index (χ0v) is 12.1. The van der Waals surface area contributed by atoms with Crippen molar-refractivity contribution < 1.29 is 14.3 Å². The third-order valence-electron chi connectivity index (χ3n) is 3.14. The number of likely N-dealkylation sites (N-methyl/N-ethyl adjacent to an activating group) is 1. The van der Waals surface area contributed by atoms with Gasteiger partial charge in [-0.1, -0.05) is 30.3 Å². The first kappa shape index (κ1) is 15.7. The normalized spacial score (nSPS) is 14.2. The molecule has 0 saturated heterocycles. The molecule has 0 amide bonds. The molecular formula is C15H23NO3. The number of nitrogens with zero attached hydrogens (tertiary/aromatic N) is 1. The van der Waals surface area contributed by atoms with Crippen molar-refractivity contribution in [2.45, 2.75) is 25.9 Å². The standard InChI is InChI=1S/C15H23NO3/c1-5-19-15(17)14(13-9-7-6-8-10-13)16(3)12(2)11-18-4/h6-10,12,14H,5,11H2,1-4H3. The third-order valence-corrected chi connectivity index (χ3v) is 3.14. The van der Waals surface area contributed by atoms with Crippen molar-refractivity contribution in [3.8, 4) is 0 Å². The summed E-state index contributed by atoms with van der Waals surface area (Å²) in [5, 5.41) is 0. The summed E-state index contributed by atoms with van der Waals surface area (Å²) in [4.78, 5) is 14.2. The van der Waals surface area contributed by atoms with E-state index in [1.165, 1.54) is 0 Å². The molecule has 1 aromatic rings. The van der Waals surface area contributed by atoms with E-state index in [1.54, 1.807) is 7.11 Å². The molecule has 1 rings (SSSR count). The number of ether oxygens (including phenoxy) is 2. The smallest absolute Gasteiger partial charge is 0.328 e. The summed E-state index contributed by atoms with van der Waals surface area (Å²) in [6.45, 7) is 4.80. The lowest BCUT2D eigenvalue weighted by Crippen LogP contribution is -2.40. The van der Waals surface area contributed by atoms with Crippen LogP contribution in [-0.2, 0) is 14.3 Å². The molecule has 0 aliphatic carbocycles. The van der Waals surface area contributed by atoms with Gasteiger partial charge in [0, 0.05) is 13.2 Å². The van der Waals surface area contributed by atoms with Crippen LogP contribution in [0.1, 0.15) is 25.5 Å². The monoisotopic (exact) mass is 265 g/mol. The van der Waals surface area contributed by atoms with E-state index >= 15 is 0 Å². The fourth-order valence-corrected chi connectivity index (χ4v) is 2.01. The summed E-state index contributed by atoms with van der Waals surface area (Å²) in [6, 6.07) is 9.40. The predicted octanol–water partition coefficient (Wildman–Crippen LogP) is 2.26. The van der Waals surface area contributed by atoms with Gasteiger partial charge in [-0.25, -0.2) is 4.79 Å². The summed E-state index contributed by atoms with van der Waals surface area (Å²) in [5.41, 5.74) is 0.936. The van der Waals surface area contributed by atoms with Gasteiger partial charge in [-0.15, -0.1) is 0 Å². The molecule has 0 N–H and O–H groups in total. The average Bonchev–Trinajstić information content (AvgIpc) is 2.40.